The lowest BCUT2D eigenvalue weighted by molar-refractivity contribution is -0.136. The van der Waals surface area contributed by atoms with Crippen molar-refractivity contribution in [2.24, 2.45) is 5.92 Å². The number of cyclic esters (lactones) is 1. The summed E-state index contributed by atoms with van der Waals surface area (Å²) < 4.78 is 5.46. The lowest BCUT2D eigenvalue weighted by Crippen LogP contribution is -2.52. The van der Waals surface area contributed by atoms with Gasteiger partial charge in [-0.25, -0.2) is 4.79 Å². The van der Waals surface area contributed by atoms with E-state index in [0.717, 1.165) is 11.1 Å². The van der Waals surface area contributed by atoms with Crippen LogP contribution < -0.4 is 5.32 Å². The summed E-state index contributed by atoms with van der Waals surface area (Å²) in [7, 11) is 0. The summed E-state index contributed by atoms with van der Waals surface area (Å²) in [4.78, 5) is 36.9. The van der Waals surface area contributed by atoms with Crippen LogP contribution in [0.2, 0.25) is 0 Å². The molecule has 0 radical (unpaired) electrons. The Bertz CT molecular complexity index is 619. The van der Waals surface area contributed by atoms with Crippen LogP contribution in [-0.4, -0.2) is 41.5 Å². The van der Waals surface area contributed by atoms with Crippen molar-refractivity contribution in [3.8, 4) is 0 Å². The average molecular weight is 332 g/mol. The van der Waals surface area contributed by atoms with Crippen LogP contribution in [0.1, 0.15) is 33.6 Å². The molecule has 2 aliphatic heterocycles. The normalized spacial score (nSPS) is 25.4. The number of carbonyl (C=O) groups excluding carboxylic acids is 3. The number of amides is 3. The second kappa shape index (κ2) is 7.47. The third kappa shape index (κ3) is 3.93. The maximum Gasteiger partial charge on any atom is 0.411 e. The molecule has 1 unspecified atom stereocenters. The smallest absolute Gasteiger partial charge is 0.411 e. The van der Waals surface area contributed by atoms with E-state index in [9.17, 15) is 14.4 Å². The van der Waals surface area contributed by atoms with E-state index in [1.165, 1.54) is 4.90 Å². The van der Waals surface area contributed by atoms with Crippen LogP contribution in [0.4, 0.5) is 4.79 Å². The van der Waals surface area contributed by atoms with Gasteiger partial charge in [-0.1, -0.05) is 44.2 Å². The highest BCUT2D eigenvalue weighted by Gasteiger charge is 2.42. The van der Waals surface area contributed by atoms with Gasteiger partial charge in [-0.2, -0.15) is 0 Å². The van der Waals surface area contributed by atoms with E-state index in [1.54, 1.807) is 0 Å². The monoisotopic (exact) mass is 332 g/mol. The number of imide groups is 1. The Morgan fingerprint density at radius 2 is 2.08 bits per heavy atom. The number of nitrogens with one attached hydrogen (secondary N) is 1. The molecule has 6 heteroatoms. The molecule has 2 rings (SSSR count). The molecule has 0 aromatic rings. The first-order valence-corrected chi connectivity index (χ1v) is 8.17. The fourth-order valence-electron chi connectivity index (χ4n) is 2.71. The predicted molar refractivity (Wildman–Crippen MR) is 90.0 cm³/mol. The number of ether oxygens (including phenoxy) is 1. The van der Waals surface area contributed by atoms with E-state index in [1.807, 2.05) is 39.0 Å². The third-order valence-electron chi connectivity index (χ3n) is 4.25. The van der Waals surface area contributed by atoms with E-state index < -0.39 is 24.1 Å². The quantitative estimate of drug-likeness (QED) is 0.619. The topological polar surface area (TPSA) is 75.7 Å². The highest BCUT2D eigenvalue weighted by atomic mass is 16.6. The molecule has 2 aliphatic rings. The van der Waals surface area contributed by atoms with Crippen molar-refractivity contribution in [2.45, 2.75) is 45.8 Å². The summed E-state index contributed by atoms with van der Waals surface area (Å²) in [6, 6.07) is -0.652. The fraction of sp³-hybridized carbons (Fsp3) is 0.500. The molecule has 130 valence electrons. The minimum atomic E-state index is -0.652. The summed E-state index contributed by atoms with van der Waals surface area (Å²) in [5, 5.41) is 2.27. The van der Waals surface area contributed by atoms with Crippen molar-refractivity contribution in [3.63, 3.8) is 0 Å². The SMILES string of the molecule is C=C(/C=C(\C=C/C)[C@@H]1CN(C2CCC(=O)NC2=O)C(=O)O1)C(C)C. The largest absolute Gasteiger partial charge is 0.439 e. The van der Waals surface area contributed by atoms with Crippen LogP contribution in [0, 0.1) is 5.92 Å². The molecular formula is C18H24N2O4. The van der Waals surface area contributed by atoms with Gasteiger partial charge in [0.15, 0.2) is 0 Å². The first-order chi connectivity index (χ1) is 11.3. The van der Waals surface area contributed by atoms with Gasteiger partial charge in [0.2, 0.25) is 11.8 Å². The summed E-state index contributed by atoms with van der Waals surface area (Å²) in [5.74, 6) is -0.455. The molecule has 0 aliphatic carbocycles. The first kappa shape index (κ1) is 18.0. The van der Waals surface area contributed by atoms with Crippen molar-refractivity contribution < 1.29 is 19.1 Å². The van der Waals surface area contributed by atoms with Gasteiger partial charge in [-0.3, -0.25) is 19.8 Å². The Labute approximate surface area is 142 Å². The maximum absolute atomic E-state index is 12.2. The van der Waals surface area contributed by atoms with Crippen molar-refractivity contribution in [1.82, 2.24) is 10.2 Å². The van der Waals surface area contributed by atoms with Gasteiger partial charge in [0.25, 0.3) is 0 Å². The Morgan fingerprint density at radius 3 is 2.67 bits per heavy atom. The molecule has 1 N–H and O–H groups in total. The van der Waals surface area contributed by atoms with Gasteiger partial charge in [0.05, 0.1) is 6.54 Å². The zero-order chi connectivity index (χ0) is 17.9. The molecule has 0 spiro atoms. The van der Waals surface area contributed by atoms with E-state index >= 15 is 0 Å². The number of hydrogen-bond donors (Lipinski definition) is 1. The van der Waals surface area contributed by atoms with Crippen LogP contribution in [0.3, 0.4) is 0 Å². The van der Waals surface area contributed by atoms with Crippen LogP contribution in [0.5, 0.6) is 0 Å². The van der Waals surface area contributed by atoms with Gasteiger partial charge in [0, 0.05) is 6.42 Å². The van der Waals surface area contributed by atoms with Crippen LogP contribution in [-0.2, 0) is 14.3 Å². The van der Waals surface area contributed by atoms with Crippen molar-refractivity contribution >= 4 is 17.9 Å². The molecule has 0 aromatic heterocycles. The highest BCUT2D eigenvalue weighted by molar-refractivity contribution is 6.01. The lowest BCUT2D eigenvalue weighted by atomic mass is 9.98. The highest BCUT2D eigenvalue weighted by Crippen LogP contribution is 2.26. The van der Waals surface area contributed by atoms with E-state index in [2.05, 4.69) is 11.9 Å². The number of piperidine rings is 1. The molecule has 0 aromatic carbocycles. The van der Waals surface area contributed by atoms with Crippen molar-refractivity contribution in [2.75, 3.05) is 6.54 Å². The van der Waals surface area contributed by atoms with Gasteiger partial charge >= 0.3 is 6.09 Å². The molecule has 6 nitrogen and oxygen atoms in total. The summed E-state index contributed by atoms with van der Waals surface area (Å²) in [6.07, 6.45) is 5.27. The summed E-state index contributed by atoms with van der Waals surface area (Å²) in [6.45, 7) is 10.3. The zero-order valence-corrected chi connectivity index (χ0v) is 14.4. The summed E-state index contributed by atoms with van der Waals surface area (Å²) >= 11 is 0. The molecule has 0 bridgehead atoms. The lowest BCUT2D eigenvalue weighted by Gasteiger charge is -2.27. The molecule has 2 fully saturated rings. The maximum atomic E-state index is 12.2. The average Bonchev–Trinajstić information content (AvgIpc) is 2.88. The number of rotatable bonds is 5. The van der Waals surface area contributed by atoms with Crippen LogP contribution in [0.15, 0.2) is 36.0 Å². The van der Waals surface area contributed by atoms with Gasteiger partial charge < -0.3 is 4.74 Å². The fourth-order valence-corrected chi connectivity index (χ4v) is 2.71. The molecule has 24 heavy (non-hydrogen) atoms. The first-order valence-electron chi connectivity index (χ1n) is 8.17. The van der Waals surface area contributed by atoms with Crippen LogP contribution >= 0.6 is 0 Å². The van der Waals surface area contributed by atoms with Crippen molar-refractivity contribution in [3.05, 3.63) is 36.0 Å². The minimum Gasteiger partial charge on any atom is -0.439 e. The number of hydrogen-bond acceptors (Lipinski definition) is 4. The van der Waals surface area contributed by atoms with Crippen LogP contribution in [0.25, 0.3) is 0 Å². The van der Waals surface area contributed by atoms with Crippen molar-refractivity contribution in [1.29, 1.82) is 0 Å². The Kier molecular flexibility index (Phi) is 5.59. The second-order valence-corrected chi connectivity index (χ2v) is 6.37. The molecule has 3 amide bonds. The third-order valence-corrected chi connectivity index (χ3v) is 4.25. The molecule has 0 saturated carbocycles. The Balaban J connectivity index is 2.16. The minimum absolute atomic E-state index is 0.229. The molecular weight excluding hydrogens is 308 g/mol. The number of nitrogens with zero attached hydrogens (tertiary/aromatic N) is 1. The molecule has 2 heterocycles. The van der Waals surface area contributed by atoms with E-state index in [0.29, 0.717) is 6.42 Å². The van der Waals surface area contributed by atoms with Gasteiger partial charge in [-0.15, -0.1) is 0 Å². The molecule has 2 atom stereocenters. The molecule has 2 saturated heterocycles. The summed E-state index contributed by atoms with van der Waals surface area (Å²) in [5.41, 5.74) is 1.79. The predicted octanol–water partition coefficient (Wildman–Crippen LogP) is 2.33. The van der Waals surface area contributed by atoms with E-state index in [4.69, 9.17) is 4.74 Å². The second-order valence-electron chi connectivity index (χ2n) is 6.37. The number of carbonyl (C=O) groups is 3. The Morgan fingerprint density at radius 1 is 1.38 bits per heavy atom. The zero-order valence-electron chi connectivity index (χ0n) is 14.4. The van der Waals surface area contributed by atoms with Gasteiger partial charge in [-0.05, 0) is 24.8 Å². The van der Waals surface area contributed by atoms with E-state index in [-0.39, 0.29) is 24.8 Å². The number of allylic oxidation sites excluding steroid dienone is 3. The van der Waals surface area contributed by atoms with Gasteiger partial charge in [0.1, 0.15) is 12.1 Å². The standard InChI is InChI=1S/C18H24N2O4/c1-5-6-13(9-12(4)11(2)3)15-10-20(18(23)24-15)14-7-8-16(21)19-17(14)22/h5-6,9,11,14-15H,4,7-8,10H2,1-3H3,(H,19,21,22)/b6-5-,13-9+/t14?,15-/m0/s1. The Hall–Kier alpha value is -2.37.